The van der Waals surface area contributed by atoms with Gasteiger partial charge in [-0.05, 0) is 54.3 Å². The molecule has 32 heavy (non-hydrogen) atoms. The Kier molecular flexibility index (Phi) is 5.62. The SMILES string of the molecule is COc1ccc(F)cc1CCc1ccc(F)c(-n2c(=O)[nH]c3csc(C(=O)O)c3c2=O)c1. The van der Waals surface area contributed by atoms with E-state index in [0.29, 0.717) is 34.3 Å². The fourth-order valence-corrected chi connectivity index (χ4v) is 4.35. The molecular weight excluding hydrogens is 442 g/mol. The number of hydrogen-bond donors (Lipinski definition) is 2. The quantitative estimate of drug-likeness (QED) is 0.461. The molecule has 0 fully saturated rings. The third kappa shape index (κ3) is 3.80. The molecule has 0 saturated heterocycles. The van der Waals surface area contributed by atoms with E-state index in [4.69, 9.17) is 4.74 Å². The van der Waals surface area contributed by atoms with Crippen molar-refractivity contribution in [2.24, 2.45) is 0 Å². The number of ether oxygens (including phenoxy) is 1. The Balaban J connectivity index is 1.77. The average Bonchev–Trinajstić information content (AvgIpc) is 3.18. The number of carboxylic acids is 1. The smallest absolute Gasteiger partial charge is 0.346 e. The number of methoxy groups -OCH3 is 1. The molecule has 0 bridgehead atoms. The lowest BCUT2D eigenvalue weighted by Gasteiger charge is -2.11. The van der Waals surface area contributed by atoms with Crippen molar-refractivity contribution in [2.45, 2.75) is 12.8 Å². The summed E-state index contributed by atoms with van der Waals surface area (Å²) >= 11 is 0.796. The molecule has 0 radical (unpaired) electrons. The van der Waals surface area contributed by atoms with Gasteiger partial charge in [-0.25, -0.2) is 22.9 Å². The van der Waals surface area contributed by atoms with Crippen molar-refractivity contribution in [2.75, 3.05) is 7.11 Å². The number of nitrogens with zero attached hydrogens (tertiary/aromatic N) is 1. The third-order valence-corrected chi connectivity index (χ3v) is 5.99. The average molecular weight is 458 g/mol. The summed E-state index contributed by atoms with van der Waals surface area (Å²) in [5, 5.41) is 10.5. The number of fused-ring (bicyclic) bond motifs is 1. The van der Waals surface area contributed by atoms with Crippen LogP contribution < -0.4 is 16.0 Å². The number of aryl methyl sites for hydroxylation is 2. The van der Waals surface area contributed by atoms with Crippen LogP contribution in [0.3, 0.4) is 0 Å². The number of benzene rings is 2. The first-order valence-electron chi connectivity index (χ1n) is 9.41. The van der Waals surface area contributed by atoms with Gasteiger partial charge in [-0.2, -0.15) is 0 Å². The van der Waals surface area contributed by atoms with Gasteiger partial charge < -0.3 is 14.8 Å². The fraction of sp³-hybridized carbons (Fsp3) is 0.136. The van der Waals surface area contributed by atoms with Crippen LogP contribution in [-0.2, 0) is 12.8 Å². The normalized spacial score (nSPS) is 11.1. The second kappa shape index (κ2) is 8.39. The van der Waals surface area contributed by atoms with E-state index in [0.717, 1.165) is 17.4 Å². The lowest BCUT2D eigenvalue weighted by atomic mass is 10.0. The van der Waals surface area contributed by atoms with Crippen molar-refractivity contribution >= 4 is 28.2 Å². The van der Waals surface area contributed by atoms with Crippen LogP contribution in [0.5, 0.6) is 5.75 Å². The Morgan fingerprint density at radius 3 is 2.66 bits per heavy atom. The largest absolute Gasteiger partial charge is 0.496 e. The van der Waals surface area contributed by atoms with Crippen LogP contribution in [0.1, 0.15) is 20.8 Å². The molecule has 0 saturated carbocycles. The number of hydrogen-bond acceptors (Lipinski definition) is 5. The summed E-state index contributed by atoms with van der Waals surface area (Å²) in [4.78, 5) is 39.1. The van der Waals surface area contributed by atoms with Gasteiger partial charge in [-0.15, -0.1) is 11.3 Å². The van der Waals surface area contributed by atoms with Crippen LogP contribution in [0.15, 0.2) is 51.4 Å². The maximum absolute atomic E-state index is 14.6. The Morgan fingerprint density at radius 1 is 1.16 bits per heavy atom. The molecule has 164 valence electrons. The summed E-state index contributed by atoms with van der Waals surface area (Å²) in [5.74, 6) is -2.06. The molecule has 0 atom stereocenters. The fourth-order valence-electron chi connectivity index (χ4n) is 3.52. The Labute approximate surface area is 183 Å². The first-order chi connectivity index (χ1) is 15.3. The van der Waals surface area contributed by atoms with Gasteiger partial charge in [-0.3, -0.25) is 4.79 Å². The number of aromatic amines is 1. The molecule has 0 spiro atoms. The topological polar surface area (TPSA) is 101 Å². The number of carbonyl (C=O) groups is 1. The molecule has 2 N–H and O–H groups in total. The van der Waals surface area contributed by atoms with E-state index in [2.05, 4.69) is 4.98 Å². The molecule has 4 rings (SSSR count). The Bertz CT molecular complexity index is 1470. The standard InChI is InChI=1S/C22H16F2N2O5S/c1-31-17-7-5-13(23)9-12(17)4-2-11-3-6-14(24)16(8-11)26-20(27)18-15(25-22(26)30)10-32-19(18)21(28)29/h3,5-10H,2,4H2,1H3,(H,25,30)(H,28,29). The number of nitrogens with one attached hydrogen (secondary N) is 1. The number of aromatic nitrogens is 2. The molecule has 10 heteroatoms. The first kappa shape index (κ1) is 21.4. The minimum absolute atomic E-state index is 0.0772. The van der Waals surface area contributed by atoms with Gasteiger partial charge in [-0.1, -0.05) is 6.07 Å². The summed E-state index contributed by atoms with van der Waals surface area (Å²) < 4.78 is 34.1. The molecule has 0 aliphatic carbocycles. The summed E-state index contributed by atoms with van der Waals surface area (Å²) in [7, 11) is 1.47. The summed E-state index contributed by atoms with van der Waals surface area (Å²) in [6.45, 7) is 0. The maximum Gasteiger partial charge on any atom is 0.346 e. The monoisotopic (exact) mass is 458 g/mol. The molecular formula is C22H16F2N2O5S. The van der Waals surface area contributed by atoms with Gasteiger partial charge in [0.15, 0.2) is 0 Å². The van der Waals surface area contributed by atoms with Crippen molar-refractivity contribution in [3.8, 4) is 11.4 Å². The van der Waals surface area contributed by atoms with Crippen molar-refractivity contribution in [3.05, 3.63) is 90.3 Å². The maximum atomic E-state index is 14.6. The van der Waals surface area contributed by atoms with Crippen LogP contribution in [-0.4, -0.2) is 27.7 Å². The number of aromatic carboxylic acids is 1. The van der Waals surface area contributed by atoms with Crippen LogP contribution in [0.25, 0.3) is 16.6 Å². The summed E-state index contributed by atoms with van der Waals surface area (Å²) in [6, 6.07) is 8.09. The van der Waals surface area contributed by atoms with Gasteiger partial charge >= 0.3 is 11.7 Å². The van der Waals surface area contributed by atoms with E-state index >= 15 is 0 Å². The molecule has 0 unspecified atom stereocenters. The van der Waals surface area contributed by atoms with E-state index in [1.807, 2.05) is 0 Å². The minimum Gasteiger partial charge on any atom is -0.496 e. The van der Waals surface area contributed by atoms with E-state index < -0.39 is 28.9 Å². The number of thiophene rings is 1. The van der Waals surface area contributed by atoms with E-state index in [1.54, 1.807) is 0 Å². The van der Waals surface area contributed by atoms with Gasteiger partial charge in [0.1, 0.15) is 22.3 Å². The zero-order valence-corrected chi connectivity index (χ0v) is 17.5. The molecule has 2 aromatic carbocycles. The number of carboxylic acid groups (broad SMARTS) is 1. The molecule has 2 aromatic heterocycles. The summed E-state index contributed by atoms with van der Waals surface area (Å²) in [5.41, 5.74) is -0.842. The highest BCUT2D eigenvalue weighted by Gasteiger charge is 2.20. The summed E-state index contributed by atoms with van der Waals surface area (Å²) in [6.07, 6.45) is 0.713. The Morgan fingerprint density at radius 2 is 1.94 bits per heavy atom. The van der Waals surface area contributed by atoms with Crippen molar-refractivity contribution < 1.29 is 23.4 Å². The van der Waals surface area contributed by atoms with Gasteiger partial charge in [0.25, 0.3) is 5.56 Å². The van der Waals surface area contributed by atoms with E-state index in [-0.39, 0.29) is 21.5 Å². The Hall–Kier alpha value is -3.79. The second-order valence-corrected chi connectivity index (χ2v) is 7.85. The van der Waals surface area contributed by atoms with Gasteiger partial charge in [0.05, 0.1) is 23.7 Å². The second-order valence-electron chi connectivity index (χ2n) is 6.97. The van der Waals surface area contributed by atoms with Crippen molar-refractivity contribution in [1.29, 1.82) is 0 Å². The van der Waals surface area contributed by atoms with E-state index in [9.17, 15) is 28.3 Å². The number of rotatable bonds is 6. The van der Waals surface area contributed by atoms with Crippen LogP contribution in [0.2, 0.25) is 0 Å². The zero-order chi connectivity index (χ0) is 23.0. The highest BCUT2D eigenvalue weighted by molar-refractivity contribution is 7.13. The van der Waals surface area contributed by atoms with Crippen molar-refractivity contribution in [1.82, 2.24) is 9.55 Å². The molecule has 0 amide bonds. The molecule has 0 aliphatic rings. The lowest BCUT2D eigenvalue weighted by Crippen LogP contribution is -2.34. The number of H-pyrrole nitrogens is 1. The lowest BCUT2D eigenvalue weighted by molar-refractivity contribution is 0.0704. The minimum atomic E-state index is -1.32. The highest BCUT2D eigenvalue weighted by Crippen LogP contribution is 2.23. The van der Waals surface area contributed by atoms with Gasteiger partial charge in [0.2, 0.25) is 0 Å². The van der Waals surface area contributed by atoms with Crippen LogP contribution in [0, 0.1) is 11.6 Å². The number of halogens is 2. The molecule has 7 nitrogen and oxygen atoms in total. The van der Waals surface area contributed by atoms with Crippen LogP contribution in [0.4, 0.5) is 8.78 Å². The highest BCUT2D eigenvalue weighted by atomic mass is 32.1. The van der Waals surface area contributed by atoms with Gasteiger partial charge in [0, 0.05) is 5.38 Å². The first-order valence-corrected chi connectivity index (χ1v) is 10.3. The van der Waals surface area contributed by atoms with Crippen LogP contribution >= 0.6 is 11.3 Å². The predicted molar refractivity (Wildman–Crippen MR) is 115 cm³/mol. The van der Waals surface area contributed by atoms with Crippen molar-refractivity contribution in [3.63, 3.8) is 0 Å². The zero-order valence-electron chi connectivity index (χ0n) is 16.6. The molecule has 4 aromatic rings. The molecule has 2 heterocycles. The van der Waals surface area contributed by atoms with E-state index in [1.165, 1.54) is 42.8 Å². The third-order valence-electron chi connectivity index (χ3n) is 5.02. The predicted octanol–water partition coefficient (Wildman–Crippen LogP) is 3.51. The molecule has 0 aliphatic heterocycles.